The van der Waals surface area contributed by atoms with Crippen LogP contribution in [0.15, 0.2) is 0 Å². The molecule has 7 heteroatoms. The van der Waals surface area contributed by atoms with Crippen LogP contribution in [-0.2, 0) is 25.8 Å². The van der Waals surface area contributed by atoms with Crippen LogP contribution in [0.2, 0.25) is 0 Å². The van der Waals surface area contributed by atoms with Crippen LogP contribution in [0.3, 0.4) is 0 Å². The Bertz CT molecular complexity index is 19.7. The zero-order valence-electron chi connectivity index (χ0n) is 2.50. The third-order valence-electron chi connectivity index (χ3n) is 0. The van der Waals surface area contributed by atoms with Gasteiger partial charge in [-0.15, -0.1) is 0 Å². The van der Waals surface area contributed by atoms with Crippen LogP contribution in [0.25, 0.3) is 0 Å². The second-order valence-corrected chi connectivity index (χ2v) is 0.346. The number of rotatable bonds is 0. The van der Waals surface area contributed by atoms with E-state index >= 15 is 0 Å². The van der Waals surface area contributed by atoms with Crippen molar-refractivity contribution >= 4 is 111 Å². The van der Waals surface area contributed by atoms with Crippen molar-refractivity contribution in [1.82, 2.24) is 0 Å². The third-order valence-corrected chi connectivity index (χ3v) is 0. The standard InChI is InChI=1S/BH3O3.Rb.Sc.Sr.3H/c2-1(3)4;;;;;;/h2-4H;;;;;;. The van der Waals surface area contributed by atoms with Gasteiger partial charge in [-0.1, -0.05) is 0 Å². The molecule has 0 unspecified atom stereocenters. The van der Waals surface area contributed by atoms with E-state index in [2.05, 4.69) is 0 Å². The maximum atomic E-state index is 7.17. The zero-order chi connectivity index (χ0) is 3.58. The summed E-state index contributed by atoms with van der Waals surface area (Å²) in [7, 11) is -2.17. The molecule has 0 aliphatic rings. The van der Waals surface area contributed by atoms with E-state index in [0.29, 0.717) is 0 Å². The molecular formula is H6BO3RbScSr. The Balaban J connectivity index is -0.0000000150. The van der Waals surface area contributed by atoms with Crippen LogP contribution in [0.4, 0.5) is 0 Å². The minimum atomic E-state index is -2.17. The average molecular weight is 283 g/mol. The molecule has 0 spiro atoms. The van der Waals surface area contributed by atoms with Crippen LogP contribution in [-0.4, -0.2) is 126 Å². The number of hydrogen-bond acceptors (Lipinski definition) is 3. The molecule has 1 radical (unpaired) electrons. The van der Waals surface area contributed by atoms with Gasteiger partial charge in [0.25, 0.3) is 0 Å². The summed E-state index contributed by atoms with van der Waals surface area (Å²) >= 11 is 0. The fourth-order valence-corrected chi connectivity index (χ4v) is 0. The average Bonchev–Trinajstić information content (AvgIpc) is 0.811. The van der Waals surface area contributed by atoms with E-state index in [4.69, 9.17) is 15.1 Å². The first-order chi connectivity index (χ1) is 1.73. The van der Waals surface area contributed by atoms with E-state index in [9.17, 15) is 0 Å². The van der Waals surface area contributed by atoms with E-state index in [1.54, 1.807) is 0 Å². The van der Waals surface area contributed by atoms with Crippen molar-refractivity contribution in [3.63, 3.8) is 0 Å². The Labute approximate surface area is 147 Å². The Kier molecular flexibility index (Phi) is 53.2. The fourth-order valence-electron chi connectivity index (χ4n) is 0. The van der Waals surface area contributed by atoms with E-state index < -0.39 is 7.32 Å². The van der Waals surface area contributed by atoms with Crippen molar-refractivity contribution < 1.29 is 40.9 Å². The molecule has 0 saturated heterocycles. The normalized spacial score (nSPS) is 3.86. The van der Waals surface area contributed by atoms with Gasteiger partial charge in [0.2, 0.25) is 0 Å². The van der Waals surface area contributed by atoms with Gasteiger partial charge in [-0.05, 0) is 0 Å². The maximum absolute atomic E-state index is 7.17. The Morgan fingerprint density at radius 3 is 1.00 bits per heavy atom. The summed E-state index contributed by atoms with van der Waals surface area (Å²) in [5, 5.41) is 21.5. The molecule has 0 heterocycles. The molecule has 0 aliphatic heterocycles. The van der Waals surface area contributed by atoms with E-state index in [1.807, 2.05) is 0 Å². The summed E-state index contributed by atoms with van der Waals surface area (Å²) in [6.07, 6.45) is 0. The van der Waals surface area contributed by atoms with Crippen molar-refractivity contribution in [3.8, 4) is 0 Å². The first-order valence-corrected chi connectivity index (χ1v) is 0.775. The molecule has 3 N–H and O–H groups in total. The quantitative estimate of drug-likeness (QED) is 0.402. The molecular weight excluding hydrogens is 277 g/mol. The molecule has 0 saturated carbocycles. The molecule has 0 aromatic heterocycles. The Hall–Kier alpha value is 4.10. The van der Waals surface area contributed by atoms with E-state index in [1.165, 1.54) is 0 Å². The molecule has 0 amide bonds. The predicted molar refractivity (Wildman–Crippen MR) is 28.1 cm³/mol. The topological polar surface area (TPSA) is 60.7 Å². The molecule has 0 atom stereocenters. The predicted octanol–water partition coefficient (Wildman–Crippen LogP) is -3.62. The van der Waals surface area contributed by atoms with Gasteiger partial charge in [0.15, 0.2) is 0 Å². The van der Waals surface area contributed by atoms with Gasteiger partial charge in [-0.3, -0.25) is 0 Å². The van der Waals surface area contributed by atoms with Gasteiger partial charge < -0.3 is 15.1 Å². The summed E-state index contributed by atoms with van der Waals surface area (Å²) < 4.78 is 0. The van der Waals surface area contributed by atoms with Gasteiger partial charge in [-0.25, -0.2) is 0 Å². The summed E-state index contributed by atoms with van der Waals surface area (Å²) in [6, 6.07) is 0. The van der Waals surface area contributed by atoms with Gasteiger partial charge in [0.05, 0.1) is 0 Å². The summed E-state index contributed by atoms with van der Waals surface area (Å²) in [5.74, 6) is 0. The second-order valence-electron chi connectivity index (χ2n) is 0.346. The SMILES string of the molecule is OB(O)O.[RbH].[Sc].[SrH2]. The van der Waals surface area contributed by atoms with Crippen LogP contribution < -0.4 is 0 Å². The first-order valence-electron chi connectivity index (χ1n) is 0.775. The van der Waals surface area contributed by atoms with Crippen LogP contribution in [0.5, 0.6) is 0 Å². The monoisotopic (exact) mass is 283 g/mol. The van der Waals surface area contributed by atoms with Crippen molar-refractivity contribution in [3.05, 3.63) is 0 Å². The minimum absolute atomic E-state index is 0. The Morgan fingerprint density at radius 2 is 1.00 bits per heavy atom. The van der Waals surface area contributed by atoms with Gasteiger partial charge in [0.1, 0.15) is 0 Å². The summed E-state index contributed by atoms with van der Waals surface area (Å²) in [5.41, 5.74) is 0. The zero-order valence-corrected chi connectivity index (χ0v) is 4.30. The molecule has 0 rings (SSSR count). The van der Waals surface area contributed by atoms with Crippen molar-refractivity contribution in [2.45, 2.75) is 0 Å². The van der Waals surface area contributed by atoms with Gasteiger partial charge >= 0.3 is 111 Å². The van der Waals surface area contributed by atoms with Crippen LogP contribution in [0, 0.1) is 0 Å². The van der Waals surface area contributed by atoms with Crippen LogP contribution >= 0.6 is 0 Å². The third kappa shape index (κ3) is 39.4. The number of hydrogen-bond donors (Lipinski definition) is 3. The second kappa shape index (κ2) is 16.6. The molecule has 0 aromatic carbocycles. The molecule has 0 aliphatic carbocycles. The molecule has 0 bridgehead atoms. The van der Waals surface area contributed by atoms with Gasteiger partial charge in [0, 0.05) is 25.8 Å². The summed E-state index contributed by atoms with van der Waals surface area (Å²) in [4.78, 5) is 0. The molecule has 3 nitrogen and oxygen atoms in total. The van der Waals surface area contributed by atoms with Crippen LogP contribution in [0.1, 0.15) is 0 Å². The summed E-state index contributed by atoms with van der Waals surface area (Å²) in [6.45, 7) is 0. The van der Waals surface area contributed by atoms with Gasteiger partial charge in [-0.2, -0.15) is 0 Å². The Morgan fingerprint density at radius 1 is 1.00 bits per heavy atom. The molecule has 33 valence electrons. The fraction of sp³-hybridized carbons (Fsp3) is 0. The first kappa shape index (κ1) is 22.5. The molecule has 0 fully saturated rings. The molecule has 0 aromatic rings. The molecule has 7 heavy (non-hydrogen) atoms. The van der Waals surface area contributed by atoms with E-state index in [0.717, 1.165) is 0 Å². The van der Waals surface area contributed by atoms with E-state index in [-0.39, 0.29) is 130 Å². The van der Waals surface area contributed by atoms with Crippen molar-refractivity contribution in [2.24, 2.45) is 0 Å². The van der Waals surface area contributed by atoms with Crippen molar-refractivity contribution in [2.75, 3.05) is 0 Å². The van der Waals surface area contributed by atoms with Crippen molar-refractivity contribution in [1.29, 1.82) is 0 Å².